The number of hydrogen-bond donors (Lipinski definition) is 0. The fraction of sp³-hybridized carbons (Fsp3) is 0.412. The second-order valence-corrected chi connectivity index (χ2v) is 6.32. The zero-order valence-corrected chi connectivity index (χ0v) is 12.7. The maximum atomic E-state index is 12.0. The SMILES string of the molecule is CC(=O)OCc1cc2c(c3c1[C@]1(C)C=C[C@@]3(C)O1)COC2=O. The van der Waals surface area contributed by atoms with E-state index in [1.54, 1.807) is 6.07 Å². The summed E-state index contributed by atoms with van der Waals surface area (Å²) in [6, 6.07) is 1.78. The molecule has 0 unspecified atom stereocenters. The lowest BCUT2D eigenvalue weighted by atomic mass is 9.77. The largest absolute Gasteiger partial charge is 0.461 e. The van der Waals surface area contributed by atoms with Gasteiger partial charge in [0, 0.05) is 23.6 Å². The number of carbonyl (C=O) groups excluding carboxylic acids is 2. The lowest BCUT2D eigenvalue weighted by molar-refractivity contribution is -0.142. The molecule has 5 heteroatoms. The number of fused-ring (bicyclic) bond motifs is 7. The average molecular weight is 300 g/mol. The predicted octanol–water partition coefficient (Wildman–Crippen LogP) is 2.45. The van der Waals surface area contributed by atoms with Gasteiger partial charge >= 0.3 is 11.9 Å². The third kappa shape index (κ3) is 1.57. The van der Waals surface area contributed by atoms with Crippen LogP contribution >= 0.6 is 0 Å². The number of rotatable bonds is 2. The first-order chi connectivity index (χ1) is 10.3. The molecule has 0 spiro atoms. The molecule has 0 N–H and O–H groups in total. The van der Waals surface area contributed by atoms with Crippen LogP contribution in [0.3, 0.4) is 0 Å². The maximum absolute atomic E-state index is 12.0. The second kappa shape index (κ2) is 3.98. The molecule has 0 amide bonds. The van der Waals surface area contributed by atoms with E-state index in [2.05, 4.69) is 0 Å². The summed E-state index contributed by atoms with van der Waals surface area (Å²) in [5, 5.41) is 0. The van der Waals surface area contributed by atoms with Gasteiger partial charge in [-0.2, -0.15) is 0 Å². The second-order valence-electron chi connectivity index (χ2n) is 6.32. The topological polar surface area (TPSA) is 61.8 Å². The zero-order valence-electron chi connectivity index (χ0n) is 12.7. The summed E-state index contributed by atoms with van der Waals surface area (Å²) in [6.07, 6.45) is 4.05. The molecule has 0 aliphatic carbocycles. The molecular formula is C17H16O5. The Morgan fingerprint density at radius 2 is 1.95 bits per heavy atom. The molecule has 2 bridgehead atoms. The molecule has 0 fully saturated rings. The van der Waals surface area contributed by atoms with Gasteiger partial charge in [0.05, 0.1) is 5.56 Å². The van der Waals surface area contributed by atoms with Crippen LogP contribution < -0.4 is 0 Å². The molecule has 3 aliphatic rings. The van der Waals surface area contributed by atoms with E-state index in [0.29, 0.717) is 5.56 Å². The van der Waals surface area contributed by atoms with Crippen molar-refractivity contribution >= 4 is 11.9 Å². The first kappa shape index (κ1) is 13.5. The van der Waals surface area contributed by atoms with Crippen LogP contribution in [-0.2, 0) is 43.4 Å². The minimum atomic E-state index is -0.561. The quantitative estimate of drug-likeness (QED) is 0.620. The predicted molar refractivity (Wildman–Crippen MR) is 76.0 cm³/mol. The van der Waals surface area contributed by atoms with Gasteiger partial charge in [-0.1, -0.05) is 0 Å². The van der Waals surface area contributed by atoms with Gasteiger partial charge in [0.15, 0.2) is 0 Å². The van der Waals surface area contributed by atoms with E-state index >= 15 is 0 Å². The smallest absolute Gasteiger partial charge is 0.338 e. The Kier molecular flexibility index (Phi) is 2.45. The number of ether oxygens (including phenoxy) is 3. The first-order valence-electron chi connectivity index (χ1n) is 7.25. The number of cyclic esters (lactones) is 1. The molecule has 1 aromatic carbocycles. The lowest BCUT2D eigenvalue weighted by Gasteiger charge is -2.23. The normalized spacial score (nSPS) is 30.2. The van der Waals surface area contributed by atoms with Gasteiger partial charge in [0.1, 0.15) is 24.4 Å². The van der Waals surface area contributed by atoms with Gasteiger partial charge in [-0.15, -0.1) is 0 Å². The van der Waals surface area contributed by atoms with Crippen molar-refractivity contribution in [2.45, 2.75) is 45.2 Å². The van der Waals surface area contributed by atoms with Crippen molar-refractivity contribution in [2.75, 3.05) is 0 Å². The highest BCUT2D eigenvalue weighted by atomic mass is 16.5. The summed E-state index contributed by atoms with van der Waals surface area (Å²) in [4.78, 5) is 23.1. The first-order valence-corrected chi connectivity index (χ1v) is 7.25. The van der Waals surface area contributed by atoms with Crippen molar-refractivity contribution in [1.29, 1.82) is 0 Å². The minimum Gasteiger partial charge on any atom is -0.461 e. The Hall–Kier alpha value is -2.14. The van der Waals surface area contributed by atoms with Crippen LogP contribution in [0.1, 0.15) is 53.4 Å². The third-order valence-electron chi connectivity index (χ3n) is 4.65. The molecule has 1 aromatic rings. The van der Waals surface area contributed by atoms with E-state index in [0.717, 1.165) is 22.3 Å². The molecule has 0 aromatic heterocycles. The van der Waals surface area contributed by atoms with E-state index in [-0.39, 0.29) is 25.2 Å². The molecule has 22 heavy (non-hydrogen) atoms. The summed E-state index contributed by atoms with van der Waals surface area (Å²) in [5.74, 6) is -0.685. The van der Waals surface area contributed by atoms with E-state index in [4.69, 9.17) is 14.2 Å². The van der Waals surface area contributed by atoms with Crippen LogP contribution in [0.25, 0.3) is 0 Å². The van der Waals surface area contributed by atoms with Gasteiger partial charge in [-0.05, 0) is 37.6 Å². The summed E-state index contributed by atoms with van der Waals surface area (Å²) < 4.78 is 16.6. The average Bonchev–Trinajstić information content (AvgIpc) is 3.04. The Morgan fingerprint density at radius 1 is 1.27 bits per heavy atom. The molecule has 4 rings (SSSR count). The number of carbonyl (C=O) groups is 2. The monoisotopic (exact) mass is 300 g/mol. The van der Waals surface area contributed by atoms with Crippen LogP contribution in [0.2, 0.25) is 0 Å². The number of hydrogen-bond acceptors (Lipinski definition) is 5. The van der Waals surface area contributed by atoms with Gasteiger partial charge in [0.2, 0.25) is 0 Å². The summed E-state index contributed by atoms with van der Waals surface area (Å²) >= 11 is 0. The molecule has 5 nitrogen and oxygen atoms in total. The molecule has 3 aliphatic heterocycles. The van der Waals surface area contributed by atoms with Gasteiger partial charge in [-0.25, -0.2) is 4.79 Å². The summed E-state index contributed by atoms with van der Waals surface area (Å²) in [7, 11) is 0. The van der Waals surface area contributed by atoms with Gasteiger partial charge in [0.25, 0.3) is 0 Å². The minimum absolute atomic E-state index is 0.126. The van der Waals surface area contributed by atoms with Crippen molar-refractivity contribution < 1.29 is 23.8 Å². The molecule has 3 heterocycles. The lowest BCUT2D eigenvalue weighted by Crippen LogP contribution is -2.19. The number of esters is 2. The highest BCUT2D eigenvalue weighted by Gasteiger charge is 2.54. The summed E-state index contributed by atoms with van der Waals surface area (Å²) in [5.41, 5.74) is 3.11. The Labute approximate surface area is 127 Å². The van der Waals surface area contributed by atoms with Crippen LogP contribution in [0.5, 0.6) is 0 Å². The van der Waals surface area contributed by atoms with Crippen molar-refractivity contribution in [3.8, 4) is 0 Å². The molecule has 0 saturated carbocycles. The third-order valence-corrected chi connectivity index (χ3v) is 4.65. The molecular weight excluding hydrogens is 284 g/mol. The highest BCUT2D eigenvalue weighted by molar-refractivity contribution is 5.95. The highest BCUT2D eigenvalue weighted by Crippen LogP contribution is 2.57. The Balaban J connectivity index is 1.96. The van der Waals surface area contributed by atoms with Gasteiger partial charge < -0.3 is 14.2 Å². The Bertz CT molecular complexity index is 763. The van der Waals surface area contributed by atoms with Crippen LogP contribution in [0, 0.1) is 0 Å². The molecule has 114 valence electrons. The van der Waals surface area contributed by atoms with Crippen LogP contribution in [-0.4, -0.2) is 11.9 Å². The fourth-order valence-electron chi connectivity index (χ4n) is 3.83. The number of benzene rings is 1. The van der Waals surface area contributed by atoms with E-state index < -0.39 is 11.2 Å². The molecule has 0 saturated heterocycles. The van der Waals surface area contributed by atoms with E-state index in [9.17, 15) is 9.59 Å². The van der Waals surface area contributed by atoms with E-state index in [1.165, 1.54) is 6.92 Å². The fourth-order valence-corrected chi connectivity index (χ4v) is 3.83. The molecule has 2 atom stereocenters. The van der Waals surface area contributed by atoms with Crippen molar-refractivity contribution in [3.05, 3.63) is 46.0 Å². The Morgan fingerprint density at radius 3 is 2.64 bits per heavy atom. The van der Waals surface area contributed by atoms with Crippen LogP contribution in [0.15, 0.2) is 18.2 Å². The van der Waals surface area contributed by atoms with Gasteiger partial charge in [-0.3, -0.25) is 4.79 Å². The van der Waals surface area contributed by atoms with Crippen molar-refractivity contribution in [1.82, 2.24) is 0 Å². The van der Waals surface area contributed by atoms with E-state index in [1.807, 2.05) is 26.0 Å². The standard InChI is InChI=1S/C17H16O5/c1-9(18)20-7-10-6-11-12(8-21-15(11)19)14-13(10)16(2)4-5-17(14,3)22-16/h4-6H,7-8H2,1-3H3/t16-,17+/m0/s1. The van der Waals surface area contributed by atoms with Crippen molar-refractivity contribution in [3.63, 3.8) is 0 Å². The van der Waals surface area contributed by atoms with Crippen molar-refractivity contribution in [2.24, 2.45) is 0 Å². The molecule has 0 radical (unpaired) electrons. The zero-order chi connectivity index (χ0) is 15.7. The maximum Gasteiger partial charge on any atom is 0.338 e. The summed E-state index contributed by atoms with van der Waals surface area (Å²) in [6.45, 7) is 5.74. The van der Waals surface area contributed by atoms with Crippen LogP contribution in [0.4, 0.5) is 0 Å².